The summed E-state index contributed by atoms with van der Waals surface area (Å²) in [5.74, 6) is -0.949. The van der Waals surface area contributed by atoms with Gasteiger partial charge in [0.25, 0.3) is 5.69 Å². The zero-order valence-corrected chi connectivity index (χ0v) is 15.5. The van der Waals surface area contributed by atoms with Gasteiger partial charge in [0.1, 0.15) is 6.29 Å². The second-order valence-corrected chi connectivity index (χ2v) is 6.96. The van der Waals surface area contributed by atoms with E-state index in [-0.39, 0.29) is 23.6 Å². The van der Waals surface area contributed by atoms with Gasteiger partial charge in [0.2, 0.25) is 6.04 Å². The SMILES string of the molecule is O=CC1=C[C@H](COCc2ccccc2)[C@@H](c2ccc([N+](=O)[O-])cc2)[C@@H]([N+](=O)[O-])C1. The van der Waals surface area contributed by atoms with Crippen molar-refractivity contribution in [2.75, 3.05) is 6.61 Å². The third-order valence-electron chi connectivity index (χ3n) is 5.08. The summed E-state index contributed by atoms with van der Waals surface area (Å²) in [5, 5.41) is 22.6. The molecule has 0 saturated carbocycles. The summed E-state index contributed by atoms with van der Waals surface area (Å²) in [6.07, 6.45) is 2.39. The van der Waals surface area contributed by atoms with Gasteiger partial charge in [0.05, 0.1) is 24.1 Å². The summed E-state index contributed by atoms with van der Waals surface area (Å²) in [7, 11) is 0. The van der Waals surface area contributed by atoms with Crippen LogP contribution in [0.25, 0.3) is 0 Å². The number of hydrogen-bond donors (Lipinski definition) is 0. The number of hydrogen-bond acceptors (Lipinski definition) is 6. The van der Waals surface area contributed by atoms with Gasteiger partial charge >= 0.3 is 0 Å². The molecule has 0 N–H and O–H groups in total. The van der Waals surface area contributed by atoms with E-state index in [1.807, 2.05) is 30.3 Å². The molecule has 2 aromatic rings. The maximum atomic E-state index is 11.7. The minimum atomic E-state index is -1.01. The molecule has 0 unspecified atom stereocenters. The van der Waals surface area contributed by atoms with Crippen LogP contribution in [0.3, 0.4) is 0 Å². The first-order valence-corrected chi connectivity index (χ1v) is 9.15. The zero-order chi connectivity index (χ0) is 20.8. The number of carbonyl (C=O) groups excluding carboxylic acids is 1. The van der Waals surface area contributed by atoms with Crippen LogP contribution in [0.2, 0.25) is 0 Å². The van der Waals surface area contributed by atoms with Gasteiger partial charge in [0.15, 0.2) is 0 Å². The average molecular weight is 396 g/mol. The fourth-order valence-electron chi connectivity index (χ4n) is 3.72. The first kappa shape index (κ1) is 20.3. The van der Waals surface area contributed by atoms with Crippen LogP contribution in [0, 0.1) is 26.1 Å². The van der Waals surface area contributed by atoms with Crippen molar-refractivity contribution >= 4 is 12.0 Å². The van der Waals surface area contributed by atoms with E-state index in [4.69, 9.17) is 4.74 Å². The standard InChI is InChI=1S/C21H20N2O6/c24-12-16-10-18(14-29-13-15-4-2-1-3-5-15)21(20(11-16)23(27)28)17-6-8-19(9-7-17)22(25)26/h1-10,12,18,20-21H,11,13-14H2/t18-,20+,21-/m1/s1. The molecule has 8 nitrogen and oxygen atoms in total. The van der Waals surface area contributed by atoms with Crippen molar-refractivity contribution in [1.82, 2.24) is 0 Å². The number of aldehydes is 1. The largest absolute Gasteiger partial charge is 0.376 e. The molecule has 0 saturated heterocycles. The number of ether oxygens (including phenoxy) is 1. The molecule has 0 radical (unpaired) electrons. The Morgan fingerprint density at radius 3 is 2.31 bits per heavy atom. The van der Waals surface area contributed by atoms with Gasteiger partial charge in [-0.05, 0) is 16.7 Å². The minimum absolute atomic E-state index is 0.0212. The normalized spacial score (nSPS) is 21.2. The number of benzene rings is 2. The molecule has 2 aromatic carbocycles. The molecule has 0 bridgehead atoms. The van der Waals surface area contributed by atoms with Crippen molar-refractivity contribution in [3.8, 4) is 0 Å². The van der Waals surface area contributed by atoms with Crippen molar-refractivity contribution in [3.63, 3.8) is 0 Å². The molecule has 150 valence electrons. The van der Waals surface area contributed by atoms with E-state index in [9.17, 15) is 25.0 Å². The van der Waals surface area contributed by atoms with Gasteiger partial charge in [-0.15, -0.1) is 0 Å². The van der Waals surface area contributed by atoms with Gasteiger partial charge in [0, 0.05) is 29.4 Å². The topological polar surface area (TPSA) is 113 Å². The molecule has 29 heavy (non-hydrogen) atoms. The second kappa shape index (κ2) is 9.20. The van der Waals surface area contributed by atoms with E-state index in [1.54, 1.807) is 18.2 Å². The highest BCUT2D eigenvalue weighted by molar-refractivity contribution is 5.74. The maximum absolute atomic E-state index is 11.7. The fourth-order valence-corrected chi connectivity index (χ4v) is 3.72. The lowest BCUT2D eigenvalue weighted by molar-refractivity contribution is -0.528. The van der Waals surface area contributed by atoms with E-state index >= 15 is 0 Å². The van der Waals surface area contributed by atoms with E-state index in [0.29, 0.717) is 24.0 Å². The average Bonchev–Trinajstić information content (AvgIpc) is 2.74. The molecule has 1 aliphatic carbocycles. The minimum Gasteiger partial charge on any atom is -0.376 e. The third-order valence-corrected chi connectivity index (χ3v) is 5.08. The number of nitro groups is 2. The Labute approximate surface area is 167 Å². The van der Waals surface area contributed by atoms with E-state index < -0.39 is 22.8 Å². The highest BCUT2D eigenvalue weighted by Gasteiger charge is 2.42. The molecule has 0 amide bonds. The monoisotopic (exact) mass is 396 g/mol. The molecule has 1 aliphatic rings. The molecule has 0 aromatic heterocycles. The van der Waals surface area contributed by atoms with Crippen molar-refractivity contribution in [2.24, 2.45) is 5.92 Å². The molecule has 0 spiro atoms. The lowest BCUT2D eigenvalue weighted by atomic mass is 9.74. The molecule has 3 atom stereocenters. The van der Waals surface area contributed by atoms with Crippen LogP contribution in [0.4, 0.5) is 5.69 Å². The lowest BCUT2D eigenvalue weighted by Gasteiger charge is -2.31. The Bertz CT molecular complexity index is 911. The summed E-state index contributed by atoms with van der Waals surface area (Å²) in [4.78, 5) is 33.1. The van der Waals surface area contributed by atoms with Crippen LogP contribution in [0.15, 0.2) is 66.2 Å². The Balaban J connectivity index is 1.86. The van der Waals surface area contributed by atoms with Crippen molar-refractivity contribution < 1.29 is 19.4 Å². The van der Waals surface area contributed by atoms with Crippen LogP contribution in [0.1, 0.15) is 23.5 Å². The Morgan fingerprint density at radius 1 is 1.03 bits per heavy atom. The molecule has 3 rings (SSSR count). The first-order valence-electron chi connectivity index (χ1n) is 9.15. The predicted molar refractivity (Wildman–Crippen MR) is 105 cm³/mol. The fraction of sp³-hybridized carbons (Fsp3) is 0.286. The van der Waals surface area contributed by atoms with Crippen molar-refractivity contribution in [3.05, 3.63) is 97.6 Å². The highest BCUT2D eigenvalue weighted by atomic mass is 16.6. The smallest absolute Gasteiger partial charge is 0.269 e. The molecule has 0 fully saturated rings. The quantitative estimate of drug-likeness (QED) is 0.382. The molecule has 0 heterocycles. The Hall–Kier alpha value is -3.39. The highest BCUT2D eigenvalue weighted by Crippen LogP contribution is 2.39. The van der Waals surface area contributed by atoms with Crippen LogP contribution in [0.5, 0.6) is 0 Å². The molecule has 0 aliphatic heterocycles. The van der Waals surface area contributed by atoms with Gasteiger partial charge < -0.3 is 4.74 Å². The number of carbonyl (C=O) groups is 1. The van der Waals surface area contributed by atoms with Crippen LogP contribution >= 0.6 is 0 Å². The van der Waals surface area contributed by atoms with Gasteiger partial charge in [-0.1, -0.05) is 48.5 Å². The first-order chi connectivity index (χ1) is 14.0. The summed E-state index contributed by atoms with van der Waals surface area (Å²) in [5.41, 5.74) is 1.88. The summed E-state index contributed by atoms with van der Waals surface area (Å²) in [6, 6.07) is 14.3. The third kappa shape index (κ3) is 4.91. The Kier molecular flexibility index (Phi) is 6.46. The summed E-state index contributed by atoms with van der Waals surface area (Å²) in [6.45, 7) is 0.538. The number of rotatable bonds is 8. The maximum Gasteiger partial charge on any atom is 0.269 e. The van der Waals surface area contributed by atoms with E-state index in [1.165, 1.54) is 12.1 Å². The second-order valence-electron chi connectivity index (χ2n) is 6.96. The summed E-state index contributed by atoms with van der Waals surface area (Å²) >= 11 is 0. The van der Waals surface area contributed by atoms with E-state index in [0.717, 1.165) is 5.56 Å². The number of nitrogens with zero attached hydrogens (tertiary/aromatic N) is 2. The Morgan fingerprint density at radius 2 is 1.72 bits per heavy atom. The van der Waals surface area contributed by atoms with Crippen LogP contribution < -0.4 is 0 Å². The van der Waals surface area contributed by atoms with Gasteiger partial charge in [-0.25, -0.2) is 0 Å². The summed E-state index contributed by atoms with van der Waals surface area (Å²) < 4.78 is 5.80. The van der Waals surface area contributed by atoms with Crippen LogP contribution in [-0.2, 0) is 16.1 Å². The van der Waals surface area contributed by atoms with Crippen LogP contribution in [-0.4, -0.2) is 28.8 Å². The molecule has 8 heteroatoms. The van der Waals surface area contributed by atoms with Crippen molar-refractivity contribution in [2.45, 2.75) is 25.0 Å². The lowest BCUT2D eigenvalue weighted by Crippen LogP contribution is -2.37. The molecular weight excluding hydrogens is 376 g/mol. The van der Waals surface area contributed by atoms with Gasteiger partial charge in [-0.2, -0.15) is 0 Å². The van der Waals surface area contributed by atoms with Gasteiger partial charge in [-0.3, -0.25) is 25.0 Å². The van der Waals surface area contributed by atoms with E-state index in [2.05, 4.69) is 0 Å². The predicted octanol–water partition coefficient (Wildman–Crippen LogP) is 3.69. The molecular formula is C21H20N2O6. The number of non-ortho nitro benzene ring substituents is 1. The zero-order valence-electron chi connectivity index (χ0n) is 15.5. The number of nitro benzene ring substituents is 1. The van der Waals surface area contributed by atoms with Crippen molar-refractivity contribution in [1.29, 1.82) is 0 Å².